The van der Waals surface area contributed by atoms with Crippen molar-refractivity contribution in [1.29, 1.82) is 0 Å². The average Bonchev–Trinajstić information content (AvgIpc) is 2.62. The number of aryl methyl sites for hydroxylation is 2. The molecular weight excluding hydrogens is 210 g/mol. The van der Waals surface area contributed by atoms with Gasteiger partial charge in [-0.25, -0.2) is 4.98 Å². The number of nitrogens with zero attached hydrogens (tertiary/aromatic N) is 2. The molecule has 17 heavy (non-hydrogen) atoms. The fourth-order valence-electron chi connectivity index (χ4n) is 2.25. The van der Waals surface area contributed by atoms with Gasteiger partial charge in [0.05, 0.1) is 11.0 Å². The van der Waals surface area contributed by atoms with Gasteiger partial charge in [0.15, 0.2) is 0 Å². The summed E-state index contributed by atoms with van der Waals surface area (Å²) in [5.41, 5.74) is 2.34. The molecule has 0 saturated heterocycles. The van der Waals surface area contributed by atoms with Gasteiger partial charge < -0.3 is 9.88 Å². The highest BCUT2D eigenvalue weighted by molar-refractivity contribution is 5.75. The highest BCUT2D eigenvalue weighted by atomic mass is 15.1. The van der Waals surface area contributed by atoms with Crippen molar-refractivity contribution >= 4 is 11.0 Å². The second-order valence-corrected chi connectivity index (χ2v) is 4.55. The number of para-hydroxylation sites is 2. The van der Waals surface area contributed by atoms with Crippen molar-refractivity contribution in [3.63, 3.8) is 0 Å². The molecule has 1 N–H and O–H groups in total. The minimum Gasteiger partial charge on any atom is -0.328 e. The number of aromatic nitrogens is 2. The zero-order valence-electron chi connectivity index (χ0n) is 10.9. The van der Waals surface area contributed by atoms with E-state index in [2.05, 4.69) is 53.8 Å². The quantitative estimate of drug-likeness (QED) is 0.857. The summed E-state index contributed by atoms with van der Waals surface area (Å²) in [6.07, 6.45) is 1.13. The first-order valence-corrected chi connectivity index (χ1v) is 6.37. The Kier molecular flexibility index (Phi) is 3.79. The molecule has 1 aromatic carbocycles. The van der Waals surface area contributed by atoms with Crippen LogP contribution in [0, 0.1) is 6.92 Å². The Labute approximate surface area is 103 Å². The summed E-state index contributed by atoms with van der Waals surface area (Å²) >= 11 is 0. The number of benzene rings is 1. The molecule has 1 atom stereocenters. The minimum atomic E-state index is 0.556. The summed E-state index contributed by atoms with van der Waals surface area (Å²) in [6, 6.07) is 8.90. The van der Waals surface area contributed by atoms with Crippen molar-refractivity contribution in [2.24, 2.45) is 0 Å². The molecule has 3 nitrogen and oxygen atoms in total. The predicted octanol–water partition coefficient (Wildman–Crippen LogP) is 2.73. The first-order chi connectivity index (χ1) is 8.22. The Morgan fingerprint density at radius 2 is 2.12 bits per heavy atom. The van der Waals surface area contributed by atoms with Gasteiger partial charge in [-0.2, -0.15) is 0 Å². The van der Waals surface area contributed by atoms with E-state index in [0.717, 1.165) is 30.9 Å². The lowest BCUT2D eigenvalue weighted by molar-refractivity contribution is 0.488. The van der Waals surface area contributed by atoms with Crippen molar-refractivity contribution in [3.8, 4) is 0 Å². The van der Waals surface area contributed by atoms with E-state index in [1.807, 2.05) is 6.07 Å². The van der Waals surface area contributed by atoms with E-state index in [-0.39, 0.29) is 0 Å². The van der Waals surface area contributed by atoms with E-state index in [4.69, 9.17) is 0 Å². The topological polar surface area (TPSA) is 29.9 Å². The molecule has 0 fully saturated rings. The summed E-state index contributed by atoms with van der Waals surface area (Å²) in [7, 11) is 0. The van der Waals surface area contributed by atoms with Gasteiger partial charge in [-0.1, -0.05) is 19.1 Å². The average molecular weight is 231 g/mol. The monoisotopic (exact) mass is 231 g/mol. The highest BCUT2D eigenvalue weighted by Crippen LogP contribution is 2.16. The summed E-state index contributed by atoms with van der Waals surface area (Å²) < 4.78 is 2.31. The standard InChI is InChI=1S/C14H21N3/c1-4-15-11(2)9-10-17-12(3)16-13-7-5-6-8-14(13)17/h5-8,11,15H,4,9-10H2,1-3H3. The van der Waals surface area contributed by atoms with Gasteiger partial charge in [-0.15, -0.1) is 0 Å². The lowest BCUT2D eigenvalue weighted by Gasteiger charge is -2.13. The molecule has 0 amide bonds. The second-order valence-electron chi connectivity index (χ2n) is 4.55. The zero-order valence-corrected chi connectivity index (χ0v) is 10.9. The molecule has 0 spiro atoms. The number of imidazole rings is 1. The van der Waals surface area contributed by atoms with Crippen LogP contribution < -0.4 is 5.32 Å². The second kappa shape index (κ2) is 5.32. The van der Waals surface area contributed by atoms with Crippen LogP contribution in [-0.4, -0.2) is 22.1 Å². The molecule has 0 aliphatic carbocycles. The lowest BCUT2D eigenvalue weighted by Crippen LogP contribution is -2.26. The van der Waals surface area contributed by atoms with Crippen LogP contribution in [0.1, 0.15) is 26.1 Å². The van der Waals surface area contributed by atoms with Crippen molar-refractivity contribution < 1.29 is 0 Å². The third kappa shape index (κ3) is 2.67. The van der Waals surface area contributed by atoms with E-state index < -0.39 is 0 Å². The normalized spacial score (nSPS) is 13.1. The maximum absolute atomic E-state index is 4.58. The van der Waals surface area contributed by atoms with Gasteiger partial charge in [0.1, 0.15) is 5.82 Å². The van der Waals surface area contributed by atoms with E-state index in [0.29, 0.717) is 6.04 Å². The van der Waals surface area contributed by atoms with Gasteiger partial charge in [-0.3, -0.25) is 0 Å². The predicted molar refractivity (Wildman–Crippen MR) is 72.2 cm³/mol. The SMILES string of the molecule is CCNC(C)CCn1c(C)nc2ccccc21. The molecule has 0 aliphatic rings. The molecular formula is C14H21N3. The molecule has 0 aliphatic heterocycles. The van der Waals surface area contributed by atoms with Crippen LogP contribution in [0.3, 0.4) is 0 Å². The molecule has 0 radical (unpaired) electrons. The van der Waals surface area contributed by atoms with Crippen LogP contribution in [0.4, 0.5) is 0 Å². The molecule has 1 unspecified atom stereocenters. The number of nitrogens with one attached hydrogen (secondary N) is 1. The van der Waals surface area contributed by atoms with E-state index in [1.165, 1.54) is 5.52 Å². The summed E-state index contributed by atoms with van der Waals surface area (Å²) in [5.74, 6) is 1.11. The Morgan fingerprint density at radius 3 is 2.88 bits per heavy atom. The maximum Gasteiger partial charge on any atom is 0.106 e. The van der Waals surface area contributed by atoms with Crippen LogP contribution in [-0.2, 0) is 6.54 Å². The van der Waals surface area contributed by atoms with Gasteiger partial charge in [0.2, 0.25) is 0 Å². The van der Waals surface area contributed by atoms with Gasteiger partial charge in [-0.05, 0) is 38.9 Å². The first-order valence-electron chi connectivity index (χ1n) is 6.37. The number of hydrogen-bond donors (Lipinski definition) is 1. The van der Waals surface area contributed by atoms with Crippen molar-refractivity contribution in [3.05, 3.63) is 30.1 Å². The molecule has 2 aromatic rings. The van der Waals surface area contributed by atoms with E-state index in [9.17, 15) is 0 Å². The largest absolute Gasteiger partial charge is 0.328 e. The molecule has 0 saturated carbocycles. The van der Waals surface area contributed by atoms with Crippen LogP contribution >= 0.6 is 0 Å². The maximum atomic E-state index is 4.58. The van der Waals surface area contributed by atoms with Crippen LogP contribution in [0.25, 0.3) is 11.0 Å². The summed E-state index contributed by atoms with van der Waals surface area (Å²) in [6.45, 7) is 8.52. The molecule has 0 bridgehead atoms. The third-order valence-electron chi connectivity index (χ3n) is 3.18. The van der Waals surface area contributed by atoms with Crippen molar-refractivity contribution in [1.82, 2.24) is 14.9 Å². The Hall–Kier alpha value is -1.35. The highest BCUT2D eigenvalue weighted by Gasteiger charge is 2.07. The molecule has 2 rings (SSSR count). The minimum absolute atomic E-state index is 0.556. The van der Waals surface area contributed by atoms with E-state index in [1.54, 1.807) is 0 Å². The van der Waals surface area contributed by atoms with Crippen molar-refractivity contribution in [2.75, 3.05) is 6.54 Å². The Bertz CT molecular complexity index is 487. The van der Waals surface area contributed by atoms with Gasteiger partial charge in [0.25, 0.3) is 0 Å². The number of hydrogen-bond acceptors (Lipinski definition) is 2. The zero-order chi connectivity index (χ0) is 12.3. The fraction of sp³-hybridized carbons (Fsp3) is 0.500. The Balaban J connectivity index is 2.15. The summed E-state index contributed by atoms with van der Waals surface area (Å²) in [5, 5.41) is 3.44. The first kappa shape index (κ1) is 12.1. The van der Waals surface area contributed by atoms with E-state index >= 15 is 0 Å². The Morgan fingerprint density at radius 1 is 1.35 bits per heavy atom. The number of rotatable bonds is 5. The molecule has 1 aromatic heterocycles. The van der Waals surface area contributed by atoms with Crippen LogP contribution in [0.5, 0.6) is 0 Å². The molecule has 3 heteroatoms. The fourth-order valence-corrected chi connectivity index (χ4v) is 2.25. The van der Waals surface area contributed by atoms with Crippen LogP contribution in [0.15, 0.2) is 24.3 Å². The third-order valence-corrected chi connectivity index (χ3v) is 3.18. The van der Waals surface area contributed by atoms with Gasteiger partial charge in [0, 0.05) is 12.6 Å². The van der Waals surface area contributed by atoms with Crippen molar-refractivity contribution in [2.45, 2.75) is 39.8 Å². The molecule has 1 heterocycles. The van der Waals surface area contributed by atoms with Crippen LogP contribution in [0.2, 0.25) is 0 Å². The smallest absolute Gasteiger partial charge is 0.106 e. The number of fused-ring (bicyclic) bond motifs is 1. The summed E-state index contributed by atoms with van der Waals surface area (Å²) in [4.78, 5) is 4.58. The van der Waals surface area contributed by atoms with Gasteiger partial charge >= 0.3 is 0 Å². The lowest BCUT2D eigenvalue weighted by atomic mass is 10.2. The molecule has 92 valence electrons.